The van der Waals surface area contributed by atoms with Gasteiger partial charge in [-0.15, -0.1) is 0 Å². The predicted octanol–water partition coefficient (Wildman–Crippen LogP) is 2.97. The summed E-state index contributed by atoms with van der Waals surface area (Å²) in [5.41, 5.74) is 0.210. The molecule has 1 aromatic rings. The minimum absolute atomic E-state index is 0.190. The summed E-state index contributed by atoms with van der Waals surface area (Å²) < 4.78 is 10.2. The number of aromatic nitrogens is 1. The first kappa shape index (κ1) is 14.2. The largest absolute Gasteiger partial charge is 0.460 e. The van der Waals surface area contributed by atoms with E-state index in [-0.39, 0.29) is 22.3 Å². The number of hydrogen-bond acceptors (Lipinski definition) is 4. The summed E-state index contributed by atoms with van der Waals surface area (Å²) in [7, 11) is 0. The molecule has 6 heteroatoms. The zero-order chi connectivity index (χ0) is 12.7. The molecular formula is C11H13Cl2NO3. The molecule has 0 N–H and O–H groups in total. The van der Waals surface area contributed by atoms with Crippen molar-refractivity contribution in [3.63, 3.8) is 0 Å². The van der Waals surface area contributed by atoms with Crippen LogP contribution in [0.15, 0.2) is 12.3 Å². The summed E-state index contributed by atoms with van der Waals surface area (Å²) in [5.74, 6) is -0.528. The molecule has 0 saturated carbocycles. The Hall–Kier alpha value is -0.840. The minimum Gasteiger partial charge on any atom is -0.460 e. The first-order chi connectivity index (χ1) is 8.15. The molecule has 0 saturated heterocycles. The Morgan fingerprint density at radius 1 is 1.35 bits per heavy atom. The van der Waals surface area contributed by atoms with Gasteiger partial charge in [0, 0.05) is 12.8 Å². The number of nitrogens with zero attached hydrogens (tertiary/aromatic N) is 1. The number of pyridine rings is 1. The van der Waals surface area contributed by atoms with Crippen LogP contribution >= 0.6 is 23.2 Å². The van der Waals surface area contributed by atoms with Crippen molar-refractivity contribution >= 4 is 29.2 Å². The van der Waals surface area contributed by atoms with E-state index in [1.165, 1.54) is 12.3 Å². The van der Waals surface area contributed by atoms with Crippen molar-refractivity contribution in [2.45, 2.75) is 13.3 Å². The third-order valence-corrected chi connectivity index (χ3v) is 2.36. The SMILES string of the molecule is CCCOCCOC(=O)c1cc(Cl)ncc1Cl. The van der Waals surface area contributed by atoms with Gasteiger partial charge in [-0.25, -0.2) is 9.78 Å². The highest BCUT2D eigenvalue weighted by atomic mass is 35.5. The van der Waals surface area contributed by atoms with Crippen LogP contribution in [0.25, 0.3) is 0 Å². The van der Waals surface area contributed by atoms with Gasteiger partial charge >= 0.3 is 5.97 Å². The molecule has 0 aliphatic heterocycles. The second kappa shape index (κ2) is 7.48. The van der Waals surface area contributed by atoms with Crippen LogP contribution < -0.4 is 0 Å². The van der Waals surface area contributed by atoms with Gasteiger partial charge in [-0.05, 0) is 12.5 Å². The monoisotopic (exact) mass is 277 g/mol. The summed E-state index contributed by atoms with van der Waals surface area (Å²) in [6.45, 7) is 3.22. The third-order valence-electron chi connectivity index (χ3n) is 1.85. The van der Waals surface area contributed by atoms with Crippen LogP contribution in [0.2, 0.25) is 10.2 Å². The molecular weight excluding hydrogens is 265 g/mol. The van der Waals surface area contributed by atoms with Crippen LogP contribution in [0.5, 0.6) is 0 Å². The van der Waals surface area contributed by atoms with E-state index in [1.54, 1.807) is 0 Å². The zero-order valence-electron chi connectivity index (χ0n) is 9.41. The van der Waals surface area contributed by atoms with E-state index >= 15 is 0 Å². The lowest BCUT2D eigenvalue weighted by atomic mass is 10.3. The Labute approximate surface area is 110 Å². The highest BCUT2D eigenvalue weighted by Gasteiger charge is 2.12. The summed E-state index contributed by atoms with van der Waals surface area (Å²) in [4.78, 5) is 15.3. The average molecular weight is 278 g/mol. The highest BCUT2D eigenvalue weighted by Crippen LogP contribution is 2.18. The molecule has 0 unspecified atom stereocenters. The first-order valence-electron chi connectivity index (χ1n) is 5.21. The molecule has 0 fully saturated rings. The van der Waals surface area contributed by atoms with Crippen LogP contribution in [0, 0.1) is 0 Å². The lowest BCUT2D eigenvalue weighted by molar-refractivity contribution is 0.0318. The van der Waals surface area contributed by atoms with Crippen molar-refractivity contribution in [2.75, 3.05) is 19.8 Å². The zero-order valence-corrected chi connectivity index (χ0v) is 10.9. The highest BCUT2D eigenvalue weighted by molar-refractivity contribution is 6.34. The van der Waals surface area contributed by atoms with Gasteiger partial charge in [0.25, 0.3) is 0 Å². The maximum atomic E-state index is 11.6. The Morgan fingerprint density at radius 2 is 2.12 bits per heavy atom. The smallest absolute Gasteiger partial charge is 0.339 e. The summed E-state index contributed by atoms with van der Waals surface area (Å²) >= 11 is 11.5. The second-order valence-electron chi connectivity index (χ2n) is 3.24. The number of rotatable bonds is 6. The lowest BCUT2D eigenvalue weighted by Crippen LogP contribution is -2.11. The van der Waals surface area contributed by atoms with Gasteiger partial charge in [-0.2, -0.15) is 0 Å². The van der Waals surface area contributed by atoms with Gasteiger partial charge in [0.05, 0.1) is 17.2 Å². The number of halogens is 2. The normalized spacial score (nSPS) is 10.3. The van der Waals surface area contributed by atoms with E-state index in [2.05, 4.69) is 4.98 Å². The van der Waals surface area contributed by atoms with Crippen LogP contribution in [0.4, 0.5) is 0 Å². The van der Waals surface area contributed by atoms with Crippen molar-refractivity contribution in [1.29, 1.82) is 0 Å². The number of esters is 1. The molecule has 0 aliphatic carbocycles. The first-order valence-corrected chi connectivity index (χ1v) is 5.96. The Morgan fingerprint density at radius 3 is 2.82 bits per heavy atom. The molecule has 0 radical (unpaired) electrons. The van der Waals surface area contributed by atoms with Gasteiger partial charge in [0.15, 0.2) is 0 Å². The molecule has 17 heavy (non-hydrogen) atoms. The molecule has 1 rings (SSSR count). The van der Waals surface area contributed by atoms with Crippen molar-refractivity contribution in [1.82, 2.24) is 4.98 Å². The predicted molar refractivity (Wildman–Crippen MR) is 65.6 cm³/mol. The molecule has 0 atom stereocenters. The molecule has 1 heterocycles. The van der Waals surface area contributed by atoms with Crippen molar-refractivity contribution < 1.29 is 14.3 Å². The fourth-order valence-corrected chi connectivity index (χ4v) is 1.43. The summed E-state index contributed by atoms with van der Waals surface area (Å²) in [5, 5.41) is 0.414. The third kappa shape index (κ3) is 4.89. The Balaban J connectivity index is 2.44. The van der Waals surface area contributed by atoms with E-state index < -0.39 is 5.97 Å². The lowest BCUT2D eigenvalue weighted by Gasteiger charge is -2.06. The minimum atomic E-state index is -0.528. The van der Waals surface area contributed by atoms with Crippen molar-refractivity contribution in [2.24, 2.45) is 0 Å². The van der Waals surface area contributed by atoms with Crippen LogP contribution in [-0.4, -0.2) is 30.8 Å². The van der Waals surface area contributed by atoms with Gasteiger partial charge in [0.1, 0.15) is 11.8 Å². The number of ether oxygens (including phenoxy) is 2. The van der Waals surface area contributed by atoms with Gasteiger partial charge in [0.2, 0.25) is 0 Å². The van der Waals surface area contributed by atoms with Crippen LogP contribution in [0.3, 0.4) is 0 Å². The van der Waals surface area contributed by atoms with Gasteiger partial charge in [-0.3, -0.25) is 0 Å². The molecule has 0 aliphatic rings. The van der Waals surface area contributed by atoms with Crippen LogP contribution in [0.1, 0.15) is 23.7 Å². The molecule has 0 aromatic carbocycles. The standard InChI is InChI=1S/C11H13Cl2NO3/c1-2-3-16-4-5-17-11(15)8-6-10(13)14-7-9(8)12/h6-7H,2-5H2,1H3. The van der Waals surface area contributed by atoms with E-state index in [0.29, 0.717) is 13.2 Å². The summed E-state index contributed by atoms with van der Waals surface area (Å²) in [6.07, 6.45) is 2.24. The average Bonchev–Trinajstić information content (AvgIpc) is 2.32. The molecule has 0 amide bonds. The van der Waals surface area contributed by atoms with Gasteiger partial charge < -0.3 is 9.47 Å². The topological polar surface area (TPSA) is 48.4 Å². The van der Waals surface area contributed by atoms with E-state index in [1.807, 2.05) is 6.92 Å². The quantitative estimate of drug-likeness (QED) is 0.456. The number of carbonyl (C=O) groups is 1. The second-order valence-corrected chi connectivity index (χ2v) is 4.03. The van der Waals surface area contributed by atoms with Gasteiger partial charge in [-0.1, -0.05) is 30.1 Å². The van der Waals surface area contributed by atoms with Crippen molar-refractivity contribution in [3.05, 3.63) is 28.0 Å². The molecule has 0 bridgehead atoms. The molecule has 0 spiro atoms. The molecule has 4 nitrogen and oxygen atoms in total. The van der Waals surface area contributed by atoms with Crippen LogP contribution in [-0.2, 0) is 9.47 Å². The van der Waals surface area contributed by atoms with E-state index in [4.69, 9.17) is 32.7 Å². The van der Waals surface area contributed by atoms with E-state index in [9.17, 15) is 4.79 Å². The van der Waals surface area contributed by atoms with Crippen molar-refractivity contribution in [3.8, 4) is 0 Å². The maximum Gasteiger partial charge on any atom is 0.339 e. The molecule has 94 valence electrons. The molecule has 1 aromatic heterocycles. The number of carbonyl (C=O) groups excluding carboxylic acids is 1. The fraction of sp³-hybridized carbons (Fsp3) is 0.455. The number of hydrogen-bond donors (Lipinski definition) is 0. The Bertz CT molecular complexity index is 385. The fourth-order valence-electron chi connectivity index (χ4n) is 1.09. The summed E-state index contributed by atoms with van der Waals surface area (Å²) in [6, 6.07) is 1.37. The Kier molecular flexibility index (Phi) is 6.26. The van der Waals surface area contributed by atoms with E-state index in [0.717, 1.165) is 6.42 Å². The maximum absolute atomic E-state index is 11.6.